The number of methoxy groups -OCH3 is 1. The second kappa shape index (κ2) is 10.5. The Bertz CT molecular complexity index is 1080. The first-order valence-corrected chi connectivity index (χ1v) is 13.9. The van der Waals surface area contributed by atoms with E-state index in [1.165, 1.54) is 19.6 Å². The molecule has 8 nitrogen and oxygen atoms in total. The number of halogens is 1. The van der Waals surface area contributed by atoms with Crippen LogP contribution >= 0.6 is 0 Å². The van der Waals surface area contributed by atoms with Crippen LogP contribution in [0, 0.1) is 22.6 Å². The molecule has 2 saturated carbocycles. The lowest BCUT2D eigenvalue weighted by atomic mass is 9.70. The molecule has 2 aliphatic heterocycles. The van der Waals surface area contributed by atoms with Crippen LogP contribution in [0.5, 0.6) is 11.5 Å². The molecule has 4 fully saturated rings. The van der Waals surface area contributed by atoms with Gasteiger partial charge in [0.25, 0.3) is 5.91 Å². The van der Waals surface area contributed by atoms with Crippen LogP contribution in [0.1, 0.15) is 82.0 Å². The fourth-order valence-electron chi connectivity index (χ4n) is 6.44. The zero-order chi connectivity index (χ0) is 27.1. The van der Waals surface area contributed by atoms with E-state index in [0.29, 0.717) is 32.2 Å². The maximum Gasteiger partial charge on any atom is 0.255 e. The molecule has 2 bridgehead atoms. The highest BCUT2D eigenvalue weighted by atomic mass is 19.1. The van der Waals surface area contributed by atoms with Gasteiger partial charge in [-0.2, -0.15) is 0 Å². The first-order valence-electron chi connectivity index (χ1n) is 13.9. The van der Waals surface area contributed by atoms with Gasteiger partial charge in [0, 0.05) is 18.0 Å². The predicted octanol–water partition coefficient (Wildman–Crippen LogP) is 3.94. The molecule has 4 atom stereocenters. The smallest absolute Gasteiger partial charge is 0.255 e. The number of fused-ring (bicyclic) bond motifs is 2. The Kier molecular flexibility index (Phi) is 7.42. The van der Waals surface area contributed by atoms with Crippen molar-refractivity contribution in [1.82, 2.24) is 10.6 Å². The number of carbonyl (C=O) groups is 3. The number of rotatable bonds is 9. The third kappa shape index (κ3) is 5.26. The Labute approximate surface area is 223 Å². The highest BCUT2D eigenvalue weighted by Crippen LogP contribution is 2.42. The number of carbonyl (C=O) groups excluding carboxylic acids is 3. The monoisotopic (exact) mass is 530 g/mol. The summed E-state index contributed by atoms with van der Waals surface area (Å²) in [5.41, 5.74) is -0.0826. The van der Waals surface area contributed by atoms with Gasteiger partial charge in [0.15, 0.2) is 11.6 Å². The van der Waals surface area contributed by atoms with Gasteiger partial charge >= 0.3 is 0 Å². The maximum absolute atomic E-state index is 14.9. The first-order chi connectivity index (χ1) is 18.1. The molecule has 4 aliphatic rings. The summed E-state index contributed by atoms with van der Waals surface area (Å²) in [5.74, 6) is -1.58. The third-order valence-corrected chi connectivity index (χ3v) is 9.28. The lowest BCUT2D eigenvalue weighted by Gasteiger charge is -2.39. The molecule has 2 aliphatic carbocycles. The molecule has 208 valence electrons. The second-order valence-corrected chi connectivity index (χ2v) is 12.3. The SMILES string of the molecule is COc1cc(F)c(O[C@H]2CC[C@@](C)(C=O)CC2)cc1C(=O)N[C@@H]1[C@H](C(=O)NCC2(C)CCC2)[C@@H]2CC[C@H]1O2. The van der Waals surface area contributed by atoms with Crippen molar-refractivity contribution in [3.63, 3.8) is 0 Å². The van der Waals surface area contributed by atoms with Crippen LogP contribution in [0.4, 0.5) is 4.39 Å². The van der Waals surface area contributed by atoms with Gasteiger partial charge in [-0.3, -0.25) is 9.59 Å². The summed E-state index contributed by atoms with van der Waals surface area (Å²) in [6.07, 6.45) is 7.81. The number of amides is 2. The molecule has 1 aromatic carbocycles. The molecule has 2 amide bonds. The van der Waals surface area contributed by atoms with Gasteiger partial charge in [-0.05, 0) is 62.8 Å². The number of aldehydes is 1. The van der Waals surface area contributed by atoms with Crippen LogP contribution in [0.15, 0.2) is 12.1 Å². The van der Waals surface area contributed by atoms with Crippen LogP contribution in [0.2, 0.25) is 0 Å². The van der Waals surface area contributed by atoms with E-state index in [9.17, 15) is 18.8 Å². The minimum Gasteiger partial charge on any atom is -0.496 e. The predicted molar refractivity (Wildman–Crippen MR) is 138 cm³/mol. The largest absolute Gasteiger partial charge is 0.496 e. The Morgan fingerprint density at radius 1 is 1.08 bits per heavy atom. The van der Waals surface area contributed by atoms with Crippen molar-refractivity contribution >= 4 is 18.1 Å². The Morgan fingerprint density at radius 3 is 2.42 bits per heavy atom. The van der Waals surface area contributed by atoms with Gasteiger partial charge in [0.05, 0.1) is 42.9 Å². The van der Waals surface area contributed by atoms with Crippen LogP contribution in [-0.4, -0.2) is 56.1 Å². The molecule has 0 spiro atoms. The lowest BCUT2D eigenvalue weighted by Crippen LogP contribution is -2.53. The minimum absolute atomic E-state index is 0.0251. The van der Waals surface area contributed by atoms with Gasteiger partial charge in [0.2, 0.25) is 5.91 Å². The standard InChI is InChI=1S/C29H39FN2O6/c1-28(9-4-10-28)15-31-27(35)24-20-5-6-21(38-20)25(24)32-26(34)18-13-23(19(30)14-22(18)36-3)37-17-7-11-29(2,16-33)12-8-17/h13-14,16-17,20-21,24-25H,4-12,15H2,1-3H3,(H,31,35)(H,32,34)/t17-,20-,21+,24+,25-,29+/m0/s1. The molecular formula is C29H39FN2O6. The molecule has 2 heterocycles. The van der Waals surface area contributed by atoms with Crippen molar-refractivity contribution in [2.24, 2.45) is 16.7 Å². The van der Waals surface area contributed by atoms with E-state index in [1.54, 1.807) is 0 Å². The van der Waals surface area contributed by atoms with Crippen molar-refractivity contribution in [1.29, 1.82) is 0 Å². The number of benzene rings is 1. The summed E-state index contributed by atoms with van der Waals surface area (Å²) < 4.78 is 32.2. The van der Waals surface area contributed by atoms with E-state index in [2.05, 4.69) is 17.6 Å². The lowest BCUT2D eigenvalue weighted by molar-refractivity contribution is -0.127. The summed E-state index contributed by atoms with van der Waals surface area (Å²) in [4.78, 5) is 38.0. The normalized spacial score (nSPS) is 33.2. The zero-order valence-electron chi connectivity index (χ0n) is 22.5. The van der Waals surface area contributed by atoms with E-state index in [-0.39, 0.29) is 52.1 Å². The van der Waals surface area contributed by atoms with Crippen LogP contribution in [-0.2, 0) is 14.3 Å². The highest BCUT2D eigenvalue weighted by molar-refractivity contribution is 5.98. The summed E-state index contributed by atoms with van der Waals surface area (Å²) in [6, 6.07) is 2.05. The van der Waals surface area contributed by atoms with Gasteiger partial charge in [0.1, 0.15) is 12.0 Å². The average Bonchev–Trinajstić information content (AvgIpc) is 3.50. The average molecular weight is 531 g/mol. The van der Waals surface area contributed by atoms with Crippen molar-refractivity contribution < 1.29 is 33.0 Å². The van der Waals surface area contributed by atoms with Crippen molar-refractivity contribution in [3.8, 4) is 11.5 Å². The first kappa shape index (κ1) is 26.9. The van der Waals surface area contributed by atoms with E-state index >= 15 is 0 Å². The molecule has 0 unspecified atom stereocenters. The van der Waals surface area contributed by atoms with Crippen LogP contribution < -0.4 is 20.1 Å². The Morgan fingerprint density at radius 2 is 1.79 bits per heavy atom. The van der Waals surface area contributed by atoms with Gasteiger partial charge in [-0.15, -0.1) is 0 Å². The summed E-state index contributed by atoms with van der Waals surface area (Å²) in [5, 5.41) is 6.11. The van der Waals surface area contributed by atoms with Gasteiger partial charge < -0.3 is 29.6 Å². The fourth-order valence-corrected chi connectivity index (χ4v) is 6.44. The number of ether oxygens (including phenoxy) is 3. The molecule has 9 heteroatoms. The molecule has 38 heavy (non-hydrogen) atoms. The van der Waals surface area contributed by atoms with Crippen molar-refractivity contribution in [2.75, 3.05) is 13.7 Å². The van der Waals surface area contributed by atoms with Crippen molar-refractivity contribution in [3.05, 3.63) is 23.5 Å². The molecule has 0 aromatic heterocycles. The summed E-state index contributed by atoms with van der Waals surface area (Å²) in [6.45, 7) is 4.73. The number of hydrogen-bond acceptors (Lipinski definition) is 6. The molecule has 5 rings (SSSR count). The molecule has 2 N–H and O–H groups in total. The van der Waals surface area contributed by atoms with E-state index in [1.807, 2.05) is 6.92 Å². The topological polar surface area (TPSA) is 103 Å². The molecule has 1 aromatic rings. The molecule has 2 saturated heterocycles. The Hall–Kier alpha value is -2.68. The van der Waals surface area contributed by atoms with Crippen LogP contribution in [0.25, 0.3) is 0 Å². The van der Waals surface area contributed by atoms with E-state index in [0.717, 1.165) is 38.0 Å². The molecule has 0 radical (unpaired) electrons. The van der Waals surface area contributed by atoms with Crippen LogP contribution in [0.3, 0.4) is 0 Å². The second-order valence-electron chi connectivity index (χ2n) is 12.3. The number of nitrogens with one attached hydrogen (secondary N) is 2. The van der Waals surface area contributed by atoms with Gasteiger partial charge in [-0.25, -0.2) is 4.39 Å². The van der Waals surface area contributed by atoms with E-state index in [4.69, 9.17) is 14.2 Å². The number of hydrogen-bond donors (Lipinski definition) is 2. The van der Waals surface area contributed by atoms with Gasteiger partial charge in [-0.1, -0.05) is 20.3 Å². The zero-order valence-corrected chi connectivity index (χ0v) is 22.5. The third-order valence-electron chi connectivity index (χ3n) is 9.28. The minimum atomic E-state index is -0.618. The van der Waals surface area contributed by atoms with E-state index < -0.39 is 23.7 Å². The highest BCUT2D eigenvalue weighted by Gasteiger charge is 2.53. The maximum atomic E-state index is 14.9. The van der Waals surface area contributed by atoms with Crippen molar-refractivity contribution in [2.45, 2.75) is 96.0 Å². The summed E-state index contributed by atoms with van der Waals surface area (Å²) in [7, 11) is 1.38. The summed E-state index contributed by atoms with van der Waals surface area (Å²) >= 11 is 0. The quantitative estimate of drug-likeness (QED) is 0.469. The fraction of sp³-hybridized carbons (Fsp3) is 0.690. The Balaban J connectivity index is 1.29. The molecular weight excluding hydrogens is 491 g/mol.